The Bertz CT molecular complexity index is 553. The Morgan fingerprint density at radius 2 is 2.24 bits per heavy atom. The van der Waals surface area contributed by atoms with Crippen LogP contribution in [0.3, 0.4) is 0 Å². The Morgan fingerprint density at radius 1 is 1.33 bits per heavy atom. The van der Waals surface area contributed by atoms with Crippen molar-refractivity contribution in [3.8, 4) is 0 Å². The zero-order valence-electron chi connectivity index (χ0n) is 12.0. The molecular formula is C16H20N4O. The fourth-order valence-corrected chi connectivity index (χ4v) is 2.58. The van der Waals surface area contributed by atoms with Crippen LogP contribution < -0.4 is 10.2 Å². The topological polar surface area (TPSA) is 54.2 Å². The van der Waals surface area contributed by atoms with Gasteiger partial charge in [-0.15, -0.1) is 0 Å². The molecule has 1 saturated heterocycles. The van der Waals surface area contributed by atoms with E-state index >= 15 is 0 Å². The minimum Gasteiger partial charge on any atom is -0.465 e. The predicted molar refractivity (Wildman–Crippen MR) is 83.0 cm³/mol. The molecule has 0 amide bonds. The fourth-order valence-electron chi connectivity index (χ4n) is 2.58. The van der Waals surface area contributed by atoms with E-state index in [1.54, 1.807) is 18.7 Å². The molecule has 21 heavy (non-hydrogen) atoms. The maximum absolute atomic E-state index is 5.26. The molecule has 3 heterocycles. The number of hydrogen-bond donors (Lipinski definition) is 1. The Balaban J connectivity index is 1.48. The average molecular weight is 284 g/mol. The van der Waals surface area contributed by atoms with Crippen molar-refractivity contribution in [2.24, 2.45) is 0 Å². The van der Waals surface area contributed by atoms with Crippen molar-refractivity contribution in [1.82, 2.24) is 15.3 Å². The van der Waals surface area contributed by atoms with E-state index in [4.69, 9.17) is 4.42 Å². The molecule has 0 radical (unpaired) electrons. The molecular weight excluding hydrogens is 264 g/mol. The summed E-state index contributed by atoms with van der Waals surface area (Å²) in [7, 11) is 0. The van der Waals surface area contributed by atoms with Crippen LogP contribution in [-0.2, 0) is 0 Å². The third-order valence-corrected chi connectivity index (χ3v) is 3.61. The summed E-state index contributed by atoms with van der Waals surface area (Å²) in [6.07, 6.45) is 11.7. The van der Waals surface area contributed by atoms with Crippen LogP contribution >= 0.6 is 0 Å². The Labute approximate surface area is 124 Å². The zero-order valence-corrected chi connectivity index (χ0v) is 12.0. The zero-order chi connectivity index (χ0) is 14.3. The lowest BCUT2D eigenvalue weighted by molar-refractivity contribution is 0.434. The first kappa shape index (κ1) is 13.8. The normalized spacial score (nSPS) is 19.2. The Hall–Kier alpha value is -2.14. The van der Waals surface area contributed by atoms with E-state index < -0.39 is 0 Å². The molecule has 5 nitrogen and oxygen atoms in total. The van der Waals surface area contributed by atoms with Crippen molar-refractivity contribution in [3.05, 3.63) is 48.7 Å². The standard InChI is InChI=1S/C16H20N4O/c1(6-15-7-3-12-21-15)8-17-14-5-2-11-20(13-14)16-18-9-4-10-19-16/h1,3-4,6-7,9-10,12,14,17H,2,5,8,11,13H2/b6-1+/t14-/m1/s1. The number of anilines is 1. The highest BCUT2D eigenvalue weighted by Crippen LogP contribution is 2.15. The summed E-state index contributed by atoms with van der Waals surface area (Å²) in [6, 6.07) is 6.17. The monoisotopic (exact) mass is 284 g/mol. The van der Waals surface area contributed by atoms with Crippen LogP contribution in [-0.4, -0.2) is 35.6 Å². The first-order valence-corrected chi connectivity index (χ1v) is 7.37. The molecule has 110 valence electrons. The molecule has 0 spiro atoms. The number of rotatable bonds is 5. The van der Waals surface area contributed by atoms with Crippen LogP contribution in [0.25, 0.3) is 6.08 Å². The van der Waals surface area contributed by atoms with Gasteiger partial charge in [-0.2, -0.15) is 0 Å². The van der Waals surface area contributed by atoms with E-state index in [0.29, 0.717) is 6.04 Å². The lowest BCUT2D eigenvalue weighted by Crippen LogP contribution is -2.46. The molecule has 1 atom stereocenters. The molecule has 3 rings (SSSR count). The molecule has 2 aromatic rings. The van der Waals surface area contributed by atoms with Crippen LogP contribution in [0.15, 0.2) is 47.3 Å². The van der Waals surface area contributed by atoms with Crippen molar-refractivity contribution >= 4 is 12.0 Å². The SMILES string of the molecule is C(=C\c1ccco1)/CN[C@@H]1CCCN(c2ncccn2)C1. The summed E-state index contributed by atoms with van der Waals surface area (Å²) in [6.45, 7) is 2.83. The molecule has 0 aliphatic carbocycles. The smallest absolute Gasteiger partial charge is 0.225 e. The predicted octanol–water partition coefficient (Wildman–Crippen LogP) is 2.34. The van der Waals surface area contributed by atoms with Gasteiger partial charge in [0.25, 0.3) is 0 Å². The summed E-state index contributed by atoms with van der Waals surface area (Å²) in [5, 5.41) is 3.56. The maximum Gasteiger partial charge on any atom is 0.225 e. The maximum atomic E-state index is 5.26. The van der Waals surface area contributed by atoms with Gasteiger partial charge in [0.1, 0.15) is 5.76 Å². The van der Waals surface area contributed by atoms with Crippen LogP contribution in [0.2, 0.25) is 0 Å². The first-order chi connectivity index (χ1) is 10.4. The number of nitrogens with one attached hydrogen (secondary N) is 1. The van der Waals surface area contributed by atoms with Crippen molar-refractivity contribution in [3.63, 3.8) is 0 Å². The Morgan fingerprint density at radius 3 is 3.05 bits per heavy atom. The van der Waals surface area contributed by atoms with E-state index in [2.05, 4.69) is 26.3 Å². The second-order valence-electron chi connectivity index (χ2n) is 5.16. The summed E-state index contributed by atoms with van der Waals surface area (Å²) >= 11 is 0. The van der Waals surface area contributed by atoms with E-state index in [-0.39, 0.29) is 0 Å². The number of piperidine rings is 1. The van der Waals surface area contributed by atoms with Gasteiger partial charge in [0, 0.05) is 38.1 Å². The minimum atomic E-state index is 0.476. The minimum absolute atomic E-state index is 0.476. The van der Waals surface area contributed by atoms with E-state index in [9.17, 15) is 0 Å². The number of hydrogen-bond acceptors (Lipinski definition) is 5. The van der Waals surface area contributed by atoms with Crippen LogP contribution in [0.4, 0.5) is 5.95 Å². The Kier molecular flexibility index (Phi) is 4.63. The van der Waals surface area contributed by atoms with Gasteiger partial charge in [0.15, 0.2) is 0 Å². The fraction of sp³-hybridized carbons (Fsp3) is 0.375. The lowest BCUT2D eigenvalue weighted by atomic mass is 10.1. The quantitative estimate of drug-likeness (QED) is 0.913. The molecule has 1 aliphatic rings. The third kappa shape index (κ3) is 3.92. The van der Waals surface area contributed by atoms with Gasteiger partial charge in [-0.05, 0) is 37.1 Å². The number of aromatic nitrogens is 2. The van der Waals surface area contributed by atoms with Gasteiger partial charge in [-0.3, -0.25) is 0 Å². The van der Waals surface area contributed by atoms with Crippen molar-refractivity contribution in [2.75, 3.05) is 24.5 Å². The van der Waals surface area contributed by atoms with E-state index in [1.165, 1.54) is 6.42 Å². The third-order valence-electron chi connectivity index (χ3n) is 3.61. The van der Waals surface area contributed by atoms with Crippen LogP contribution in [0.5, 0.6) is 0 Å². The average Bonchev–Trinajstić information content (AvgIpc) is 3.06. The number of furan rings is 1. The van der Waals surface area contributed by atoms with Gasteiger partial charge in [0.2, 0.25) is 5.95 Å². The highest BCUT2D eigenvalue weighted by Gasteiger charge is 2.20. The molecule has 1 N–H and O–H groups in total. The summed E-state index contributed by atoms with van der Waals surface area (Å²) in [4.78, 5) is 10.9. The van der Waals surface area contributed by atoms with Gasteiger partial charge < -0.3 is 14.6 Å². The van der Waals surface area contributed by atoms with Crippen molar-refractivity contribution in [1.29, 1.82) is 0 Å². The van der Waals surface area contributed by atoms with Crippen molar-refractivity contribution in [2.45, 2.75) is 18.9 Å². The second kappa shape index (κ2) is 7.04. The highest BCUT2D eigenvalue weighted by molar-refractivity contribution is 5.42. The first-order valence-electron chi connectivity index (χ1n) is 7.37. The number of nitrogens with zero attached hydrogens (tertiary/aromatic N) is 3. The molecule has 5 heteroatoms. The largest absolute Gasteiger partial charge is 0.465 e. The van der Waals surface area contributed by atoms with Crippen LogP contribution in [0, 0.1) is 0 Å². The summed E-state index contributed by atoms with van der Waals surface area (Å²) in [5.41, 5.74) is 0. The van der Waals surface area contributed by atoms with E-state index in [0.717, 1.165) is 37.8 Å². The molecule has 1 fully saturated rings. The highest BCUT2D eigenvalue weighted by atomic mass is 16.3. The molecule has 2 aromatic heterocycles. The molecule has 1 aliphatic heterocycles. The van der Waals surface area contributed by atoms with Gasteiger partial charge in [-0.25, -0.2) is 9.97 Å². The van der Waals surface area contributed by atoms with Gasteiger partial charge in [0.05, 0.1) is 6.26 Å². The van der Waals surface area contributed by atoms with Gasteiger partial charge >= 0.3 is 0 Å². The summed E-state index contributed by atoms with van der Waals surface area (Å²) < 4.78 is 5.26. The van der Waals surface area contributed by atoms with Crippen LogP contribution in [0.1, 0.15) is 18.6 Å². The molecule has 0 aromatic carbocycles. The molecule has 0 bridgehead atoms. The summed E-state index contributed by atoms with van der Waals surface area (Å²) in [5.74, 6) is 1.72. The molecule has 0 saturated carbocycles. The molecule has 0 unspecified atom stereocenters. The van der Waals surface area contributed by atoms with Crippen molar-refractivity contribution < 1.29 is 4.42 Å². The second-order valence-corrected chi connectivity index (χ2v) is 5.16. The van der Waals surface area contributed by atoms with Gasteiger partial charge in [-0.1, -0.05) is 6.08 Å². The van der Waals surface area contributed by atoms with E-state index in [1.807, 2.05) is 24.3 Å². The lowest BCUT2D eigenvalue weighted by Gasteiger charge is -2.33.